The highest BCUT2D eigenvalue weighted by molar-refractivity contribution is 7.89. The minimum Gasteiger partial charge on any atom is -0.311 e. The summed E-state index contributed by atoms with van der Waals surface area (Å²) in [7, 11) is -4.14. The molecule has 2 atom stereocenters. The van der Waals surface area contributed by atoms with Gasteiger partial charge in [-0.2, -0.15) is 4.39 Å². The SMILES string of the molecule is O=[N+]([O-])c1c(F)cccc1S(=O)(=O)NC1CC2CCC(C1)N2. The highest BCUT2D eigenvalue weighted by atomic mass is 32.2. The molecule has 7 nitrogen and oxygen atoms in total. The summed E-state index contributed by atoms with van der Waals surface area (Å²) in [6.45, 7) is 0. The third kappa shape index (κ3) is 2.83. The molecule has 3 rings (SSSR count). The van der Waals surface area contributed by atoms with E-state index >= 15 is 0 Å². The second kappa shape index (κ2) is 5.56. The number of benzene rings is 1. The van der Waals surface area contributed by atoms with Gasteiger partial charge in [0.15, 0.2) is 4.90 Å². The van der Waals surface area contributed by atoms with Crippen LogP contribution in [0.5, 0.6) is 0 Å². The lowest BCUT2D eigenvalue weighted by molar-refractivity contribution is -0.390. The molecule has 2 fully saturated rings. The molecular weight excluding hydrogens is 313 g/mol. The summed E-state index contributed by atoms with van der Waals surface area (Å²) in [5.74, 6) is -1.15. The van der Waals surface area contributed by atoms with Crippen molar-refractivity contribution in [3.8, 4) is 0 Å². The van der Waals surface area contributed by atoms with Crippen LogP contribution in [0.25, 0.3) is 0 Å². The van der Waals surface area contributed by atoms with Crippen LogP contribution in [0.3, 0.4) is 0 Å². The van der Waals surface area contributed by atoms with Crippen molar-refractivity contribution in [1.82, 2.24) is 10.0 Å². The zero-order chi connectivity index (χ0) is 15.9. The number of fused-ring (bicyclic) bond motifs is 2. The molecule has 120 valence electrons. The lowest BCUT2D eigenvalue weighted by Gasteiger charge is -2.29. The van der Waals surface area contributed by atoms with Gasteiger partial charge in [-0.25, -0.2) is 13.1 Å². The second-order valence-corrected chi connectivity index (χ2v) is 7.45. The first-order valence-corrected chi connectivity index (χ1v) is 8.56. The number of nitro benzene ring substituents is 1. The molecule has 9 heteroatoms. The zero-order valence-corrected chi connectivity index (χ0v) is 12.5. The van der Waals surface area contributed by atoms with E-state index in [1.54, 1.807) is 0 Å². The number of nitrogens with one attached hydrogen (secondary N) is 2. The Balaban J connectivity index is 1.87. The topological polar surface area (TPSA) is 101 Å². The van der Waals surface area contributed by atoms with Crippen molar-refractivity contribution in [1.29, 1.82) is 0 Å². The molecule has 2 unspecified atom stereocenters. The summed E-state index contributed by atoms with van der Waals surface area (Å²) < 4.78 is 40.9. The Kier molecular flexibility index (Phi) is 3.87. The highest BCUT2D eigenvalue weighted by Crippen LogP contribution is 2.30. The number of hydrogen-bond acceptors (Lipinski definition) is 5. The number of nitrogens with zero attached hydrogens (tertiary/aromatic N) is 1. The van der Waals surface area contributed by atoms with E-state index in [0.717, 1.165) is 31.0 Å². The molecule has 2 saturated heterocycles. The normalized spacial score (nSPS) is 27.8. The van der Waals surface area contributed by atoms with E-state index in [9.17, 15) is 22.9 Å². The van der Waals surface area contributed by atoms with Crippen molar-refractivity contribution >= 4 is 15.7 Å². The Labute approximate surface area is 127 Å². The molecule has 1 aromatic rings. The molecule has 0 saturated carbocycles. The zero-order valence-electron chi connectivity index (χ0n) is 11.7. The number of sulfonamides is 1. The van der Waals surface area contributed by atoms with Gasteiger partial charge < -0.3 is 5.32 Å². The molecule has 22 heavy (non-hydrogen) atoms. The number of piperidine rings is 1. The van der Waals surface area contributed by atoms with E-state index in [0.29, 0.717) is 12.8 Å². The first-order valence-electron chi connectivity index (χ1n) is 7.08. The number of rotatable bonds is 4. The van der Waals surface area contributed by atoms with Crippen LogP contribution in [-0.2, 0) is 10.0 Å². The van der Waals surface area contributed by atoms with Crippen LogP contribution in [0.1, 0.15) is 25.7 Å². The fourth-order valence-electron chi connectivity index (χ4n) is 3.33. The van der Waals surface area contributed by atoms with Gasteiger partial charge in [0.2, 0.25) is 15.8 Å². The van der Waals surface area contributed by atoms with Crippen molar-refractivity contribution in [3.63, 3.8) is 0 Å². The average molecular weight is 329 g/mol. The number of hydrogen-bond donors (Lipinski definition) is 2. The minimum absolute atomic E-state index is 0.272. The van der Waals surface area contributed by atoms with E-state index in [2.05, 4.69) is 10.0 Å². The molecule has 0 amide bonds. The van der Waals surface area contributed by atoms with Gasteiger partial charge in [-0.15, -0.1) is 0 Å². The summed E-state index contributed by atoms with van der Waals surface area (Å²) in [6, 6.07) is 3.35. The molecule has 2 aliphatic heterocycles. The first kappa shape index (κ1) is 15.3. The third-order valence-electron chi connectivity index (χ3n) is 4.22. The largest absolute Gasteiger partial charge is 0.324 e. The van der Waals surface area contributed by atoms with Crippen LogP contribution in [0.2, 0.25) is 0 Å². The molecular formula is C13H16FN3O4S. The van der Waals surface area contributed by atoms with Gasteiger partial charge in [0, 0.05) is 18.1 Å². The predicted molar refractivity (Wildman–Crippen MR) is 76.3 cm³/mol. The van der Waals surface area contributed by atoms with Crippen molar-refractivity contribution in [2.45, 2.75) is 48.7 Å². The van der Waals surface area contributed by atoms with Crippen molar-refractivity contribution in [2.75, 3.05) is 0 Å². The van der Waals surface area contributed by atoms with E-state index in [1.165, 1.54) is 0 Å². The smallest absolute Gasteiger partial charge is 0.311 e. The van der Waals surface area contributed by atoms with Crippen LogP contribution >= 0.6 is 0 Å². The van der Waals surface area contributed by atoms with Crippen LogP contribution in [0, 0.1) is 15.9 Å². The summed E-state index contributed by atoms with van der Waals surface area (Å²) in [4.78, 5) is 9.33. The molecule has 2 N–H and O–H groups in total. The van der Waals surface area contributed by atoms with Crippen molar-refractivity contribution < 1.29 is 17.7 Å². The molecule has 0 spiro atoms. The van der Waals surface area contributed by atoms with Crippen LogP contribution < -0.4 is 10.0 Å². The van der Waals surface area contributed by atoms with E-state index < -0.39 is 31.3 Å². The second-order valence-electron chi connectivity index (χ2n) is 5.77. The van der Waals surface area contributed by atoms with Gasteiger partial charge >= 0.3 is 5.69 Å². The van der Waals surface area contributed by atoms with E-state index in [-0.39, 0.29) is 18.1 Å². The fraction of sp³-hybridized carbons (Fsp3) is 0.538. The number of nitro groups is 1. The molecule has 0 aromatic heterocycles. The molecule has 1 aromatic carbocycles. The van der Waals surface area contributed by atoms with Gasteiger partial charge in [0.05, 0.1) is 4.92 Å². The van der Waals surface area contributed by atoms with Gasteiger partial charge in [0.25, 0.3) is 0 Å². The maximum Gasteiger partial charge on any atom is 0.324 e. The fourth-order valence-corrected chi connectivity index (χ4v) is 4.77. The van der Waals surface area contributed by atoms with Gasteiger partial charge in [-0.3, -0.25) is 10.1 Å². The molecule has 0 aliphatic carbocycles. The molecule has 2 aliphatic rings. The Morgan fingerprint density at radius 3 is 2.50 bits per heavy atom. The Morgan fingerprint density at radius 2 is 1.91 bits per heavy atom. The average Bonchev–Trinajstić information content (AvgIpc) is 2.77. The predicted octanol–water partition coefficient (Wildman–Crippen LogP) is 1.30. The standard InChI is InChI=1S/C13H16FN3O4S/c14-11-2-1-3-12(13(11)17(18)19)22(20,21)16-10-6-8-4-5-9(7-10)15-8/h1-3,8-10,15-16H,4-7H2. The maximum atomic E-state index is 13.6. The van der Waals surface area contributed by atoms with Crippen LogP contribution in [0.15, 0.2) is 23.1 Å². The Bertz CT molecular complexity index is 697. The summed E-state index contributed by atoms with van der Waals surface area (Å²) >= 11 is 0. The number of para-hydroxylation sites is 1. The van der Waals surface area contributed by atoms with Crippen molar-refractivity contribution in [3.05, 3.63) is 34.1 Å². The van der Waals surface area contributed by atoms with Crippen LogP contribution in [-0.4, -0.2) is 31.5 Å². The van der Waals surface area contributed by atoms with Crippen LogP contribution in [0.4, 0.5) is 10.1 Å². The number of halogens is 1. The first-order chi connectivity index (χ1) is 10.4. The van der Waals surface area contributed by atoms with E-state index in [1.807, 2.05) is 0 Å². The highest BCUT2D eigenvalue weighted by Gasteiger charge is 2.37. The Hall–Kier alpha value is -1.58. The summed E-state index contributed by atoms with van der Waals surface area (Å²) in [5, 5.41) is 14.3. The quantitative estimate of drug-likeness (QED) is 0.640. The lowest BCUT2D eigenvalue weighted by Crippen LogP contribution is -2.48. The maximum absolute atomic E-state index is 13.6. The molecule has 0 radical (unpaired) electrons. The van der Waals surface area contributed by atoms with E-state index in [4.69, 9.17) is 0 Å². The lowest BCUT2D eigenvalue weighted by atomic mass is 10.0. The minimum atomic E-state index is -4.14. The Morgan fingerprint density at radius 1 is 1.27 bits per heavy atom. The van der Waals surface area contributed by atoms with Gasteiger partial charge in [-0.1, -0.05) is 6.07 Å². The summed E-state index contributed by atoms with van der Waals surface area (Å²) in [6.07, 6.45) is 3.28. The third-order valence-corrected chi connectivity index (χ3v) is 5.77. The molecule has 2 heterocycles. The van der Waals surface area contributed by atoms with Gasteiger partial charge in [-0.05, 0) is 37.8 Å². The molecule has 2 bridgehead atoms. The van der Waals surface area contributed by atoms with Gasteiger partial charge in [0.1, 0.15) is 0 Å². The monoisotopic (exact) mass is 329 g/mol. The summed E-state index contributed by atoms with van der Waals surface area (Å²) in [5.41, 5.74) is -1.01. The van der Waals surface area contributed by atoms with Crippen molar-refractivity contribution in [2.24, 2.45) is 0 Å².